The Morgan fingerprint density at radius 1 is 1.25 bits per heavy atom. The molecule has 2 aromatic heterocycles. The summed E-state index contributed by atoms with van der Waals surface area (Å²) in [5.74, 6) is -1.35. The van der Waals surface area contributed by atoms with E-state index in [4.69, 9.17) is 5.11 Å². The first-order valence-corrected chi connectivity index (χ1v) is 6.83. The van der Waals surface area contributed by atoms with Gasteiger partial charge in [0.15, 0.2) is 0 Å². The number of aryl methyl sites for hydroxylation is 2. The molecule has 1 amide bonds. The first kappa shape index (κ1) is 14.2. The molecule has 0 saturated heterocycles. The molecule has 5 nitrogen and oxygen atoms in total. The maximum absolute atomic E-state index is 11.9. The Morgan fingerprint density at radius 2 is 2.00 bits per heavy atom. The highest BCUT2D eigenvalue weighted by Crippen LogP contribution is 2.14. The van der Waals surface area contributed by atoms with Gasteiger partial charge < -0.3 is 10.4 Å². The Morgan fingerprint density at radius 3 is 2.55 bits per heavy atom. The highest BCUT2D eigenvalue weighted by molar-refractivity contribution is 7.11. The summed E-state index contributed by atoms with van der Waals surface area (Å²) in [6.45, 7) is 4.02. The summed E-state index contributed by atoms with van der Waals surface area (Å²) < 4.78 is 0. The van der Waals surface area contributed by atoms with Gasteiger partial charge in [-0.15, -0.1) is 11.3 Å². The zero-order valence-electron chi connectivity index (χ0n) is 11.1. The summed E-state index contributed by atoms with van der Waals surface area (Å²) >= 11 is 1.62. The molecule has 0 aliphatic carbocycles. The second kappa shape index (κ2) is 5.83. The third-order valence-corrected chi connectivity index (χ3v) is 3.77. The van der Waals surface area contributed by atoms with Crippen LogP contribution in [0.1, 0.15) is 36.3 Å². The summed E-state index contributed by atoms with van der Waals surface area (Å²) in [4.78, 5) is 29.1. The number of nitrogens with zero attached hydrogens (tertiary/aromatic N) is 1. The quantitative estimate of drug-likeness (QED) is 0.906. The standard InChI is InChI=1S/C14H14N2O3S/c1-8-3-4-10(20-8)7-15-13(17)12-6-5-11(14(18)19)9(2)16-12/h3-6H,7H2,1-2H3,(H,15,17)(H,18,19). The van der Waals surface area contributed by atoms with Gasteiger partial charge in [-0.05, 0) is 38.1 Å². The molecule has 104 valence electrons. The summed E-state index contributed by atoms with van der Waals surface area (Å²) in [5, 5.41) is 11.7. The molecule has 0 atom stereocenters. The first-order valence-electron chi connectivity index (χ1n) is 6.02. The number of carbonyl (C=O) groups is 2. The van der Waals surface area contributed by atoms with Crippen molar-refractivity contribution in [3.05, 3.63) is 51.0 Å². The minimum Gasteiger partial charge on any atom is -0.478 e. The predicted molar refractivity (Wildman–Crippen MR) is 76.2 cm³/mol. The molecule has 0 aliphatic rings. The van der Waals surface area contributed by atoms with Crippen LogP contribution in [0.15, 0.2) is 24.3 Å². The van der Waals surface area contributed by atoms with Crippen molar-refractivity contribution < 1.29 is 14.7 Å². The van der Waals surface area contributed by atoms with Gasteiger partial charge in [-0.3, -0.25) is 4.79 Å². The third-order valence-electron chi connectivity index (χ3n) is 2.77. The zero-order chi connectivity index (χ0) is 14.7. The number of carbonyl (C=O) groups excluding carboxylic acids is 1. The molecule has 6 heteroatoms. The fourth-order valence-corrected chi connectivity index (χ4v) is 2.58. The van der Waals surface area contributed by atoms with Crippen molar-refractivity contribution in [3.63, 3.8) is 0 Å². The molecule has 2 rings (SSSR count). The predicted octanol–water partition coefficient (Wildman–Crippen LogP) is 2.39. The van der Waals surface area contributed by atoms with Gasteiger partial charge in [-0.2, -0.15) is 0 Å². The Labute approximate surface area is 120 Å². The molecule has 0 fully saturated rings. The summed E-state index contributed by atoms with van der Waals surface area (Å²) in [7, 11) is 0. The lowest BCUT2D eigenvalue weighted by atomic mass is 10.2. The van der Waals surface area contributed by atoms with Gasteiger partial charge in [0.2, 0.25) is 0 Å². The molecule has 2 aromatic rings. The second-order valence-corrected chi connectivity index (χ2v) is 5.70. The van der Waals surface area contributed by atoms with E-state index in [0.717, 1.165) is 4.88 Å². The van der Waals surface area contributed by atoms with Crippen LogP contribution in [0, 0.1) is 13.8 Å². The van der Waals surface area contributed by atoms with Crippen LogP contribution in [0.3, 0.4) is 0 Å². The highest BCUT2D eigenvalue weighted by Gasteiger charge is 2.13. The number of amides is 1. The summed E-state index contributed by atoms with van der Waals surface area (Å²) in [6, 6.07) is 6.78. The number of rotatable bonds is 4. The van der Waals surface area contributed by atoms with E-state index >= 15 is 0 Å². The smallest absolute Gasteiger partial charge is 0.337 e. The van der Waals surface area contributed by atoms with Crippen LogP contribution in [0.4, 0.5) is 0 Å². The van der Waals surface area contributed by atoms with Crippen LogP contribution in [-0.2, 0) is 6.54 Å². The molecule has 0 aromatic carbocycles. The first-order chi connectivity index (χ1) is 9.47. The van der Waals surface area contributed by atoms with Gasteiger partial charge in [0.25, 0.3) is 5.91 Å². The number of pyridine rings is 1. The van der Waals surface area contributed by atoms with Crippen molar-refractivity contribution >= 4 is 23.2 Å². The van der Waals surface area contributed by atoms with E-state index in [2.05, 4.69) is 10.3 Å². The van der Waals surface area contributed by atoms with Crippen LogP contribution in [-0.4, -0.2) is 22.0 Å². The van der Waals surface area contributed by atoms with Gasteiger partial charge in [-0.25, -0.2) is 9.78 Å². The minimum absolute atomic E-state index is 0.107. The molecule has 20 heavy (non-hydrogen) atoms. The number of hydrogen-bond donors (Lipinski definition) is 2. The Hall–Kier alpha value is -2.21. The van der Waals surface area contributed by atoms with Gasteiger partial charge in [0.05, 0.1) is 17.8 Å². The lowest BCUT2D eigenvalue weighted by Gasteiger charge is -2.05. The van der Waals surface area contributed by atoms with Gasteiger partial charge in [0.1, 0.15) is 5.69 Å². The SMILES string of the molecule is Cc1ccc(CNC(=O)c2ccc(C(=O)O)c(C)n2)s1. The molecule has 0 aliphatic heterocycles. The maximum Gasteiger partial charge on any atom is 0.337 e. The van der Waals surface area contributed by atoms with Crippen molar-refractivity contribution in [1.29, 1.82) is 0 Å². The number of thiophene rings is 1. The number of carboxylic acids is 1. The van der Waals surface area contributed by atoms with Crippen LogP contribution >= 0.6 is 11.3 Å². The largest absolute Gasteiger partial charge is 0.478 e. The van der Waals surface area contributed by atoms with Crippen LogP contribution in [0.5, 0.6) is 0 Å². The Balaban J connectivity index is 2.06. The zero-order valence-corrected chi connectivity index (χ0v) is 12.0. The summed E-state index contributed by atoms with van der Waals surface area (Å²) in [5.41, 5.74) is 0.660. The van der Waals surface area contributed by atoms with E-state index in [1.807, 2.05) is 19.1 Å². The fourth-order valence-electron chi connectivity index (χ4n) is 1.75. The lowest BCUT2D eigenvalue weighted by molar-refractivity contribution is 0.0694. The number of carboxylic acid groups (broad SMARTS) is 1. The number of nitrogens with one attached hydrogen (secondary N) is 1. The molecule has 2 heterocycles. The van der Waals surface area contributed by atoms with Crippen molar-refractivity contribution in [3.8, 4) is 0 Å². The van der Waals surface area contributed by atoms with E-state index < -0.39 is 5.97 Å². The number of hydrogen-bond acceptors (Lipinski definition) is 4. The molecular weight excluding hydrogens is 276 g/mol. The van der Waals surface area contributed by atoms with E-state index in [9.17, 15) is 9.59 Å². The van der Waals surface area contributed by atoms with Crippen molar-refractivity contribution in [2.24, 2.45) is 0 Å². The monoisotopic (exact) mass is 290 g/mol. The fraction of sp³-hybridized carbons (Fsp3) is 0.214. The molecule has 0 saturated carbocycles. The van der Waals surface area contributed by atoms with E-state index in [1.165, 1.54) is 17.0 Å². The van der Waals surface area contributed by atoms with Gasteiger partial charge in [0, 0.05) is 9.75 Å². The number of aromatic carboxylic acids is 1. The van der Waals surface area contributed by atoms with Gasteiger partial charge >= 0.3 is 5.97 Å². The van der Waals surface area contributed by atoms with Gasteiger partial charge in [-0.1, -0.05) is 0 Å². The normalized spacial score (nSPS) is 10.3. The van der Waals surface area contributed by atoms with Crippen molar-refractivity contribution in [2.45, 2.75) is 20.4 Å². The average molecular weight is 290 g/mol. The molecular formula is C14H14N2O3S. The molecule has 0 unspecified atom stereocenters. The topological polar surface area (TPSA) is 79.3 Å². The molecule has 0 radical (unpaired) electrons. The third kappa shape index (κ3) is 3.21. The Bertz CT molecular complexity index is 664. The van der Waals surface area contributed by atoms with Crippen LogP contribution in [0.2, 0.25) is 0 Å². The summed E-state index contributed by atoms with van der Waals surface area (Å²) in [6.07, 6.45) is 0. The van der Waals surface area contributed by atoms with E-state index in [-0.39, 0.29) is 17.2 Å². The van der Waals surface area contributed by atoms with Crippen LogP contribution < -0.4 is 5.32 Å². The molecule has 0 bridgehead atoms. The maximum atomic E-state index is 11.9. The second-order valence-electron chi connectivity index (χ2n) is 4.33. The van der Waals surface area contributed by atoms with Crippen molar-refractivity contribution in [1.82, 2.24) is 10.3 Å². The average Bonchev–Trinajstić information content (AvgIpc) is 2.81. The molecule has 0 spiro atoms. The van der Waals surface area contributed by atoms with E-state index in [0.29, 0.717) is 12.2 Å². The minimum atomic E-state index is -1.05. The molecule has 2 N–H and O–H groups in total. The van der Waals surface area contributed by atoms with Crippen LogP contribution in [0.25, 0.3) is 0 Å². The van der Waals surface area contributed by atoms with E-state index in [1.54, 1.807) is 18.3 Å². The van der Waals surface area contributed by atoms with Crippen molar-refractivity contribution in [2.75, 3.05) is 0 Å². The Kier molecular flexibility index (Phi) is 4.14. The number of aromatic nitrogens is 1. The lowest BCUT2D eigenvalue weighted by Crippen LogP contribution is -2.24. The highest BCUT2D eigenvalue weighted by atomic mass is 32.1.